The standard InChI is InChI=1S/C27H31N5O8/c1-14(28)24(36)30-21(12-23(34)35)26(38)31-20(11-16-13-29-19-5-3-2-4-18(16)19)25(37)32-22(27(39)40)10-15-6-8-17(33)9-7-15/h2-9,13-14,20-22,29,33H,10-12,28H2,1H3,(H,30,36)(H,31,38)(H,32,37)(H,34,35)(H,39,40). The zero-order chi connectivity index (χ0) is 29.4. The molecule has 0 aliphatic rings. The summed E-state index contributed by atoms with van der Waals surface area (Å²) in [6, 6.07) is 7.74. The summed E-state index contributed by atoms with van der Waals surface area (Å²) in [7, 11) is 0. The highest BCUT2D eigenvalue weighted by Gasteiger charge is 2.31. The predicted octanol–water partition coefficient (Wildman–Crippen LogP) is 0.0196. The number of H-pyrrole nitrogens is 1. The van der Waals surface area contributed by atoms with E-state index in [1.807, 2.05) is 12.1 Å². The van der Waals surface area contributed by atoms with Crippen molar-refractivity contribution in [2.24, 2.45) is 5.73 Å². The number of phenolic OH excluding ortho intramolecular Hbond substituents is 1. The molecule has 9 N–H and O–H groups in total. The number of aliphatic carboxylic acids is 2. The van der Waals surface area contributed by atoms with Crippen LogP contribution in [0.1, 0.15) is 24.5 Å². The molecule has 1 aromatic heterocycles. The Hall–Kier alpha value is -4.91. The van der Waals surface area contributed by atoms with Gasteiger partial charge in [-0.2, -0.15) is 0 Å². The van der Waals surface area contributed by atoms with Crippen LogP contribution in [0.2, 0.25) is 0 Å². The molecule has 2 aromatic carbocycles. The Morgan fingerprint density at radius 1 is 0.825 bits per heavy atom. The summed E-state index contributed by atoms with van der Waals surface area (Å²) in [5.41, 5.74) is 7.47. The SMILES string of the molecule is CC(N)C(=O)NC(CC(=O)O)C(=O)NC(Cc1c[nH]c2ccccc12)C(=O)NC(Cc1ccc(O)cc1)C(=O)O. The maximum atomic E-state index is 13.4. The van der Waals surface area contributed by atoms with Gasteiger partial charge in [0, 0.05) is 29.9 Å². The average molecular weight is 554 g/mol. The fourth-order valence-electron chi connectivity index (χ4n) is 4.03. The number of hydrogen-bond donors (Lipinski definition) is 8. The van der Waals surface area contributed by atoms with Crippen molar-refractivity contribution in [2.45, 2.75) is 50.4 Å². The minimum Gasteiger partial charge on any atom is -0.508 e. The van der Waals surface area contributed by atoms with Gasteiger partial charge in [-0.05, 0) is 36.2 Å². The molecule has 4 unspecified atom stereocenters. The number of amides is 3. The van der Waals surface area contributed by atoms with Crippen molar-refractivity contribution in [3.05, 3.63) is 65.9 Å². The second kappa shape index (κ2) is 13.2. The number of carbonyl (C=O) groups is 5. The molecule has 0 bridgehead atoms. The fraction of sp³-hybridized carbons (Fsp3) is 0.296. The summed E-state index contributed by atoms with van der Waals surface area (Å²) < 4.78 is 0. The van der Waals surface area contributed by atoms with E-state index in [0.717, 1.165) is 10.9 Å². The van der Waals surface area contributed by atoms with Crippen molar-refractivity contribution in [2.75, 3.05) is 0 Å². The van der Waals surface area contributed by atoms with Crippen LogP contribution in [-0.2, 0) is 36.8 Å². The third-order valence-electron chi connectivity index (χ3n) is 6.15. The quantitative estimate of drug-likeness (QED) is 0.143. The van der Waals surface area contributed by atoms with Gasteiger partial charge in [0.05, 0.1) is 12.5 Å². The van der Waals surface area contributed by atoms with Gasteiger partial charge in [-0.15, -0.1) is 0 Å². The van der Waals surface area contributed by atoms with Crippen LogP contribution in [-0.4, -0.2) is 74.1 Å². The number of aromatic amines is 1. The van der Waals surface area contributed by atoms with E-state index in [2.05, 4.69) is 20.9 Å². The number of hydrogen-bond acceptors (Lipinski definition) is 7. The van der Waals surface area contributed by atoms with E-state index in [-0.39, 0.29) is 18.6 Å². The van der Waals surface area contributed by atoms with Crippen LogP contribution < -0.4 is 21.7 Å². The number of phenols is 1. The predicted molar refractivity (Wildman–Crippen MR) is 143 cm³/mol. The van der Waals surface area contributed by atoms with Crippen molar-refractivity contribution in [1.29, 1.82) is 0 Å². The summed E-state index contributed by atoms with van der Waals surface area (Å²) in [4.78, 5) is 65.1. The third-order valence-corrected chi connectivity index (χ3v) is 6.15. The first-order valence-electron chi connectivity index (χ1n) is 12.4. The Morgan fingerprint density at radius 2 is 1.43 bits per heavy atom. The maximum absolute atomic E-state index is 13.4. The van der Waals surface area contributed by atoms with Gasteiger partial charge in [-0.25, -0.2) is 4.79 Å². The van der Waals surface area contributed by atoms with Crippen LogP contribution in [0.15, 0.2) is 54.7 Å². The number of carboxylic acids is 2. The normalized spacial score (nSPS) is 13.9. The van der Waals surface area contributed by atoms with Gasteiger partial charge in [0.1, 0.15) is 23.9 Å². The number of para-hydroxylation sites is 1. The molecular formula is C27H31N5O8. The van der Waals surface area contributed by atoms with E-state index in [1.165, 1.54) is 31.2 Å². The lowest BCUT2D eigenvalue weighted by atomic mass is 10.0. The number of fused-ring (bicyclic) bond motifs is 1. The lowest BCUT2D eigenvalue weighted by Crippen LogP contribution is -2.58. The molecule has 0 radical (unpaired) electrons. The Morgan fingerprint density at radius 3 is 2.05 bits per heavy atom. The number of aromatic hydroxyl groups is 1. The van der Waals surface area contributed by atoms with E-state index in [1.54, 1.807) is 18.3 Å². The van der Waals surface area contributed by atoms with Gasteiger partial charge in [-0.1, -0.05) is 30.3 Å². The van der Waals surface area contributed by atoms with E-state index in [4.69, 9.17) is 5.73 Å². The van der Waals surface area contributed by atoms with Crippen LogP contribution in [0.5, 0.6) is 5.75 Å². The largest absolute Gasteiger partial charge is 0.508 e. The van der Waals surface area contributed by atoms with Crippen molar-refractivity contribution < 1.29 is 39.3 Å². The first kappa shape index (κ1) is 29.6. The Labute approximate surface area is 228 Å². The summed E-state index contributed by atoms with van der Waals surface area (Å²) in [6.45, 7) is 1.36. The molecule has 0 aliphatic heterocycles. The van der Waals surface area contributed by atoms with E-state index < -0.39 is 60.2 Å². The van der Waals surface area contributed by atoms with Gasteiger partial charge in [-0.3, -0.25) is 19.2 Å². The average Bonchev–Trinajstić information content (AvgIpc) is 3.30. The summed E-state index contributed by atoms with van der Waals surface area (Å²) in [5.74, 6) is -5.26. The number of nitrogens with one attached hydrogen (secondary N) is 4. The number of aromatic nitrogens is 1. The highest BCUT2D eigenvalue weighted by atomic mass is 16.4. The van der Waals surface area contributed by atoms with Gasteiger partial charge in [0.2, 0.25) is 17.7 Å². The third kappa shape index (κ3) is 8.04. The molecule has 3 aromatic rings. The molecular weight excluding hydrogens is 522 g/mol. The van der Waals surface area contributed by atoms with Crippen molar-refractivity contribution >= 4 is 40.6 Å². The zero-order valence-corrected chi connectivity index (χ0v) is 21.6. The van der Waals surface area contributed by atoms with Gasteiger partial charge in [0.15, 0.2) is 0 Å². The molecule has 1 heterocycles. The van der Waals surface area contributed by atoms with Crippen LogP contribution in [0.25, 0.3) is 10.9 Å². The van der Waals surface area contributed by atoms with Crippen molar-refractivity contribution in [1.82, 2.24) is 20.9 Å². The van der Waals surface area contributed by atoms with Crippen LogP contribution >= 0.6 is 0 Å². The van der Waals surface area contributed by atoms with Gasteiger partial charge < -0.3 is 42.0 Å². The maximum Gasteiger partial charge on any atom is 0.326 e. The first-order valence-corrected chi connectivity index (χ1v) is 12.4. The molecule has 3 rings (SSSR count). The Kier molecular flexibility index (Phi) is 9.81. The second-order valence-electron chi connectivity index (χ2n) is 9.34. The number of carboxylic acid groups (broad SMARTS) is 2. The molecule has 0 saturated heterocycles. The second-order valence-corrected chi connectivity index (χ2v) is 9.34. The minimum atomic E-state index is -1.54. The molecule has 3 amide bonds. The molecule has 0 aliphatic carbocycles. The van der Waals surface area contributed by atoms with Crippen LogP contribution in [0.4, 0.5) is 0 Å². The fourth-order valence-corrected chi connectivity index (χ4v) is 4.03. The highest BCUT2D eigenvalue weighted by Crippen LogP contribution is 2.19. The summed E-state index contributed by atoms with van der Waals surface area (Å²) in [6.07, 6.45) is 0.689. The number of benzene rings is 2. The lowest BCUT2D eigenvalue weighted by Gasteiger charge is -2.24. The van der Waals surface area contributed by atoms with Crippen molar-refractivity contribution in [3.8, 4) is 5.75 Å². The Balaban J connectivity index is 1.87. The molecule has 0 spiro atoms. The topological polar surface area (TPSA) is 224 Å². The molecule has 40 heavy (non-hydrogen) atoms. The highest BCUT2D eigenvalue weighted by molar-refractivity contribution is 5.96. The van der Waals surface area contributed by atoms with Crippen molar-refractivity contribution in [3.63, 3.8) is 0 Å². The van der Waals surface area contributed by atoms with Gasteiger partial charge in [0.25, 0.3) is 0 Å². The molecule has 13 heteroatoms. The smallest absolute Gasteiger partial charge is 0.326 e. The number of nitrogens with two attached hydrogens (primary N) is 1. The monoisotopic (exact) mass is 553 g/mol. The van der Waals surface area contributed by atoms with Gasteiger partial charge >= 0.3 is 11.9 Å². The lowest BCUT2D eigenvalue weighted by molar-refractivity contribution is -0.143. The van der Waals surface area contributed by atoms with E-state index in [0.29, 0.717) is 11.1 Å². The number of rotatable bonds is 13. The van der Waals surface area contributed by atoms with Crippen LogP contribution in [0.3, 0.4) is 0 Å². The Bertz CT molecular complexity index is 1390. The molecule has 0 saturated carbocycles. The zero-order valence-electron chi connectivity index (χ0n) is 21.6. The van der Waals surface area contributed by atoms with E-state index in [9.17, 15) is 39.3 Å². The molecule has 4 atom stereocenters. The first-order chi connectivity index (χ1) is 18.9. The summed E-state index contributed by atoms with van der Waals surface area (Å²) in [5, 5.41) is 36.4. The van der Waals surface area contributed by atoms with E-state index >= 15 is 0 Å². The molecule has 13 nitrogen and oxygen atoms in total. The number of carbonyl (C=O) groups excluding carboxylic acids is 3. The molecule has 212 valence electrons. The minimum absolute atomic E-state index is 0.00629. The summed E-state index contributed by atoms with van der Waals surface area (Å²) >= 11 is 0. The molecule has 0 fully saturated rings. The van der Waals surface area contributed by atoms with Crippen LogP contribution in [0, 0.1) is 0 Å².